The molecule has 1 aromatic carbocycles. The molecule has 0 aromatic heterocycles. The van der Waals surface area contributed by atoms with Crippen molar-refractivity contribution in [1.29, 1.82) is 0 Å². The molecule has 8 N–H and O–H groups in total. The Morgan fingerprint density at radius 3 is 2.50 bits per heavy atom. The minimum absolute atomic E-state index is 0.0538. The average molecular weight is 414 g/mol. The van der Waals surface area contributed by atoms with Crippen molar-refractivity contribution >= 4 is 23.2 Å². The fourth-order valence-corrected chi connectivity index (χ4v) is 5.19. The minimum Gasteiger partial charge on any atom is -0.508 e. The average Bonchev–Trinajstić information content (AvgIpc) is 2.68. The van der Waals surface area contributed by atoms with Crippen LogP contribution in [0.2, 0.25) is 0 Å². The highest BCUT2D eigenvalue weighted by molar-refractivity contribution is 6.23. The van der Waals surface area contributed by atoms with Crippen LogP contribution in [0.25, 0.3) is 5.76 Å². The number of aliphatic hydroxyl groups excluding tert-OH is 2. The summed E-state index contributed by atoms with van der Waals surface area (Å²) < 4.78 is 0. The molecule has 0 spiro atoms. The first-order valence-corrected chi connectivity index (χ1v) is 9.57. The molecule has 4 rings (SSSR count). The van der Waals surface area contributed by atoms with E-state index in [0.717, 1.165) is 0 Å². The first kappa shape index (κ1) is 20.1. The third-order valence-corrected chi connectivity index (χ3v) is 6.73. The molecule has 1 saturated carbocycles. The molecule has 4 atom stereocenters. The van der Waals surface area contributed by atoms with E-state index in [1.54, 1.807) is 6.07 Å². The van der Waals surface area contributed by atoms with E-state index in [1.807, 2.05) is 0 Å². The summed E-state index contributed by atoms with van der Waals surface area (Å²) in [6.45, 7) is 1.61. The van der Waals surface area contributed by atoms with E-state index in [-0.39, 0.29) is 36.3 Å². The number of Topliss-reactive ketones (excluding diaryl/α,β-unsaturated/α-hetero) is 2. The summed E-state index contributed by atoms with van der Waals surface area (Å²) in [7, 11) is 0. The van der Waals surface area contributed by atoms with Crippen molar-refractivity contribution < 1.29 is 34.8 Å². The number of phenols is 1. The number of benzene rings is 1. The van der Waals surface area contributed by atoms with Crippen LogP contribution in [-0.2, 0) is 27.3 Å². The van der Waals surface area contributed by atoms with Crippen molar-refractivity contribution in [1.82, 2.24) is 0 Å². The SMILES string of the molecule is C[C@@H]1C(=O)C(C(N)=O)=C(O)[C@@]2(O)C(=O)C3=C(O)c4c(O)ccc(CN)c4CC3CC12. The monoisotopic (exact) mass is 414 g/mol. The van der Waals surface area contributed by atoms with Gasteiger partial charge in [0.15, 0.2) is 11.4 Å². The molecular weight excluding hydrogens is 392 g/mol. The zero-order valence-corrected chi connectivity index (χ0v) is 16.2. The molecule has 2 unspecified atom stereocenters. The van der Waals surface area contributed by atoms with Gasteiger partial charge in [0.2, 0.25) is 5.78 Å². The summed E-state index contributed by atoms with van der Waals surface area (Å²) in [5.41, 5.74) is 8.77. The van der Waals surface area contributed by atoms with Gasteiger partial charge in [-0.25, -0.2) is 0 Å². The molecular formula is C21H22N2O7. The second-order valence-electron chi connectivity index (χ2n) is 8.14. The van der Waals surface area contributed by atoms with Crippen molar-refractivity contribution in [2.24, 2.45) is 29.2 Å². The Kier molecular flexibility index (Phi) is 4.30. The number of fused-ring (bicyclic) bond motifs is 3. The van der Waals surface area contributed by atoms with Gasteiger partial charge in [-0.3, -0.25) is 14.4 Å². The second kappa shape index (κ2) is 6.41. The fraction of sp³-hybridized carbons (Fsp3) is 0.381. The summed E-state index contributed by atoms with van der Waals surface area (Å²) >= 11 is 0. The van der Waals surface area contributed by atoms with Gasteiger partial charge in [-0.2, -0.15) is 0 Å². The molecule has 9 heteroatoms. The van der Waals surface area contributed by atoms with Gasteiger partial charge in [-0.05, 0) is 36.0 Å². The van der Waals surface area contributed by atoms with E-state index in [9.17, 15) is 34.8 Å². The Labute approximate surface area is 171 Å². The number of hydrogen-bond acceptors (Lipinski definition) is 8. The number of aliphatic hydroxyl groups is 3. The van der Waals surface area contributed by atoms with E-state index >= 15 is 0 Å². The molecule has 158 valence electrons. The van der Waals surface area contributed by atoms with Crippen LogP contribution < -0.4 is 11.5 Å². The summed E-state index contributed by atoms with van der Waals surface area (Å²) in [6.07, 6.45) is 0.339. The third-order valence-electron chi connectivity index (χ3n) is 6.73. The smallest absolute Gasteiger partial charge is 0.255 e. The number of nitrogens with two attached hydrogens (primary N) is 2. The van der Waals surface area contributed by atoms with Crippen molar-refractivity contribution in [2.75, 3.05) is 0 Å². The number of ketones is 2. The summed E-state index contributed by atoms with van der Waals surface area (Å²) in [5, 5.41) is 43.0. The van der Waals surface area contributed by atoms with Gasteiger partial charge < -0.3 is 31.9 Å². The van der Waals surface area contributed by atoms with Gasteiger partial charge in [0.1, 0.15) is 22.8 Å². The topological polar surface area (TPSA) is 184 Å². The summed E-state index contributed by atoms with van der Waals surface area (Å²) in [4.78, 5) is 37.7. The van der Waals surface area contributed by atoms with Crippen molar-refractivity contribution in [3.05, 3.63) is 45.7 Å². The maximum atomic E-state index is 13.4. The largest absolute Gasteiger partial charge is 0.508 e. The highest BCUT2D eigenvalue weighted by Gasteiger charge is 2.62. The van der Waals surface area contributed by atoms with Crippen LogP contribution in [0.3, 0.4) is 0 Å². The van der Waals surface area contributed by atoms with Crippen LogP contribution in [0.4, 0.5) is 0 Å². The molecule has 1 aromatic rings. The molecule has 0 saturated heterocycles. The lowest BCUT2D eigenvalue weighted by Crippen LogP contribution is -2.61. The molecule has 0 radical (unpaired) electrons. The molecule has 3 aliphatic rings. The molecule has 0 heterocycles. The quantitative estimate of drug-likeness (QED) is 0.369. The first-order chi connectivity index (χ1) is 14.0. The molecule has 9 nitrogen and oxygen atoms in total. The van der Waals surface area contributed by atoms with Gasteiger partial charge in [0.05, 0.1) is 5.56 Å². The summed E-state index contributed by atoms with van der Waals surface area (Å²) in [6, 6.07) is 2.99. The number of hydrogen-bond donors (Lipinski definition) is 6. The van der Waals surface area contributed by atoms with E-state index in [4.69, 9.17) is 11.5 Å². The van der Waals surface area contributed by atoms with Gasteiger partial charge in [-0.1, -0.05) is 13.0 Å². The number of carbonyl (C=O) groups is 3. The van der Waals surface area contributed by atoms with Crippen LogP contribution in [0, 0.1) is 17.8 Å². The highest BCUT2D eigenvalue weighted by atomic mass is 16.3. The number of phenolic OH excluding ortho intramolecular Hbond substituents is 1. The lowest BCUT2D eigenvalue weighted by atomic mass is 9.56. The van der Waals surface area contributed by atoms with Gasteiger partial charge >= 0.3 is 0 Å². The van der Waals surface area contributed by atoms with E-state index < -0.39 is 57.9 Å². The Bertz CT molecular complexity index is 1090. The number of rotatable bonds is 2. The molecule has 3 aliphatic carbocycles. The molecule has 1 fully saturated rings. The van der Waals surface area contributed by atoms with Crippen LogP contribution in [0.5, 0.6) is 5.75 Å². The maximum absolute atomic E-state index is 13.4. The maximum Gasteiger partial charge on any atom is 0.255 e. The minimum atomic E-state index is -2.57. The normalized spacial score (nSPS) is 30.7. The molecule has 30 heavy (non-hydrogen) atoms. The first-order valence-electron chi connectivity index (χ1n) is 9.57. The fourth-order valence-electron chi connectivity index (χ4n) is 5.19. The van der Waals surface area contributed by atoms with Crippen LogP contribution >= 0.6 is 0 Å². The predicted octanol–water partition coefficient (Wildman–Crippen LogP) is 0.129. The van der Waals surface area contributed by atoms with E-state index in [0.29, 0.717) is 11.1 Å². The van der Waals surface area contributed by atoms with Crippen LogP contribution in [-0.4, -0.2) is 43.5 Å². The predicted molar refractivity (Wildman–Crippen MR) is 104 cm³/mol. The van der Waals surface area contributed by atoms with E-state index in [1.165, 1.54) is 13.0 Å². The Balaban J connectivity index is 1.97. The summed E-state index contributed by atoms with van der Waals surface area (Å²) in [5.74, 6) is -7.39. The Hall–Kier alpha value is -3.17. The lowest BCUT2D eigenvalue weighted by Gasteiger charge is -2.48. The van der Waals surface area contributed by atoms with Gasteiger partial charge in [0, 0.05) is 24.0 Å². The molecule has 1 amide bonds. The van der Waals surface area contributed by atoms with Gasteiger partial charge in [-0.15, -0.1) is 0 Å². The standard InChI is InChI=1S/C21H22N2O7/c1-7-11-5-9-4-10-8(6-22)2-3-12(24)14(10)17(26)13(9)18(27)21(11,30)19(28)15(16(7)25)20(23)29/h2-3,7,9,11,24,26,28,30H,4-6,22H2,1H3,(H2,23,29)/t7-,9?,11?,21-/m0/s1. The number of carbonyl (C=O) groups excluding carboxylic acids is 3. The van der Waals surface area contributed by atoms with Crippen molar-refractivity contribution in [3.8, 4) is 5.75 Å². The number of primary amides is 1. The lowest BCUT2D eigenvalue weighted by molar-refractivity contribution is -0.152. The van der Waals surface area contributed by atoms with E-state index in [2.05, 4.69) is 0 Å². The van der Waals surface area contributed by atoms with Crippen molar-refractivity contribution in [3.63, 3.8) is 0 Å². The van der Waals surface area contributed by atoms with Crippen LogP contribution in [0.15, 0.2) is 29.0 Å². The zero-order chi connectivity index (χ0) is 22.1. The molecule has 0 aliphatic heterocycles. The second-order valence-corrected chi connectivity index (χ2v) is 8.14. The number of aromatic hydroxyl groups is 1. The zero-order valence-electron chi connectivity index (χ0n) is 16.2. The highest BCUT2D eigenvalue weighted by Crippen LogP contribution is 2.53. The van der Waals surface area contributed by atoms with Crippen molar-refractivity contribution in [2.45, 2.75) is 31.9 Å². The Morgan fingerprint density at radius 2 is 1.90 bits per heavy atom. The third kappa shape index (κ3) is 2.33. The van der Waals surface area contributed by atoms with Crippen LogP contribution in [0.1, 0.15) is 30.0 Å². The number of amides is 1. The van der Waals surface area contributed by atoms with Gasteiger partial charge in [0.25, 0.3) is 5.91 Å². The molecule has 0 bridgehead atoms. The Morgan fingerprint density at radius 1 is 1.23 bits per heavy atom.